The molecule has 0 bridgehead atoms. The first kappa shape index (κ1) is 10.4. The third-order valence-electron chi connectivity index (χ3n) is 2.52. The fourth-order valence-electron chi connectivity index (χ4n) is 1.52. The van der Waals surface area contributed by atoms with Gasteiger partial charge in [0.1, 0.15) is 0 Å². The maximum Gasteiger partial charge on any atom is 0.416 e. The fraction of sp³-hybridized carbons (Fsp3) is 0.400. The number of benzene rings is 1. The van der Waals surface area contributed by atoms with Gasteiger partial charge in [0, 0.05) is 13.1 Å². The first-order valence-corrected chi connectivity index (χ1v) is 4.49. The summed E-state index contributed by atoms with van der Waals surface area (Å²) in [5.74, 6) is 0. The Labute approximate surface area is 84.1 Å². The van der Waals surface area contributed by atoms with Crippen molar-refractivity contribution in [1.29, 1.82) is 0 Å². The SMILES string of the molecule is FC(F)(F)c1cccc(C2(F)CNC2)c1. The average molecular weight is 219 g/mol. The van der Waals surface area contributed by atoms with Crippen LogP contribution in [0.5, 0.6) is 0 Å². The summed E-state index contributed by atoms with van der Waals surface area (Å²) in [6, 6.07) is 4.44. The molecule has 15 heavy (non-hydrogen) atoms. The summed E-state index contributed by atoms with van der Waals surface area (Å²) in [5.41, 5.74) is -2.35. The second kappa shape index (κ2) is 3.20. The van der Waals surface area contributed by atoms with E-state index in [1.54, 1.807) is 0 Å². The van der Waals surface area contributed by atoms with Crippen LogP contribution in [-0.4, -0.2) is 13.1 Å². The maximum absolute atomic E-state index is 13.8. The van der Waals surface area contributed by atoms with E-state index in [0.717, 1.165) is 12.1 Å². The summed E-state index contributed by atoms with van der Waals surface area (Å²) in [4.78, 5) is 0. The lowest BCUT2D eigenvalue weighted by Crippen LogP contribution is -2.53. The molecule has 1 N–H and O–H groups in total. The van der Waals surface area contributed by atoms with E-state index < -0.39 is 17.4 Å². The number of alkyl halides is 4. The quantitative estimate of drug-likeness (QED) is 0.715. The van der Waals surface area contributed by atoms with Crippen molar-refractivity contribution in [3.63, 3.8) is 0 Å². The van der Waals surface area contributed by atoms with Crippen molar-refractivity contribution >= 4 is 0 Å². The Morgan fingerprint density at radius 1 is 1.20 bits per heavy atom. The van der Waals surface area contributed by atoms with Crippen LogP contribution in [0.2, 0.25) is 0 Å². The van der Waals surface area contributed by atoms with E-state index in [1.165, 1.54) is 12.1 Å². The van der Waals surface area contributed by atoms with Crippen molar-refractivity contribution in [3.05, 3.63) is 35.4 Å². The largest absolute Gasteiger partial charge is 0.416 e. The van der Waals surface area contributed by atoms with Gasteiger partial charge in [-0.3, -0.25) is 0 Å². The van der Waals surface area contributed by atoms with Crippen LogP contribution in [0.4, 0.5) is 17.6 Å². The second-order valence-electron chi connectivity index (χ2n) is 3.65. The minimum atomic E-state index is -4.41. The predicted octanol–water partition coefficient (Wildman–Crippen LogP) is 2.47. The Bertz CT molecular complexity index is 368. The summed E-state index contributed by atoms with van der Waals surface area (Å²) in [6.07, 6.45) is -4.41. The van der Waals surface area contributed by atoms with Crippen LogP contribution in [0.1, 0.15) is 11.1 Å². The number of nitrogens with one attached hydrogen (secondary N) is 1. The van der Waals surface area contributed by atoms with Gasteiger partial charge in [0.2, 0.25) is 0 Å². The first-order chi connectivity index (χ1) is 6.92. The van der Waals surface area contributed by atoms with Crippen molar-refractivity contribution in [2.45, 2.75) is 11.8 Å². The van der Waals surface area contributed by atoms with Gasteiger partial charge in [-0.1, -0.05) is 12.1 Å². The number of hydrogen-bond acceptors (Lipinski definition) is 1. The standard InChI is InChI=1S/C10H9F4N/c11-9(5-15-6-9)7-2-1-3-8(4-7)10(12,13)14/h1-4,15H,5-6H2. The lowest BCUT2D eigenvalue weighted by atomic mass is 9.89. The Morgan fingerprint density at radius 3 is 2.33 bits per heavy atom. The van der Waals surface area contributed by atoms with Crippen LogP contribution < -0.4 is 5.32 Å². The number of hydrogen-bond donors (Lipinski definition) is 1. The summed E-state index contributed by atoms with van der Waals surface area (Å²) in [5, 5.41) is 2.70. The molecule has 0 aromatic heterocycles. The van der Waals surface area contributed by atoms with Crippen molar-refractivity contribution < 1.29 is 17.6 Å². The molecule has 0 saturated carbocycles. The van der Waals surface area contributed by atoms with Crippen molar-refractivity contribution in [2.75, 3.05) is 13.1 Å². The Hall–Kier alpha value is -1.10. The predicted molar refractivity (Wildman–Crippen MR) is 47.1 cm³/mol. The summed E-state index contributed by atoms with van der Waals surface area (Å²) in [7, 11) is 0. The zero-order valence-corrected chi connectivity index (χ0v) is 7.74. The summed E-state index contributed by atoms with van der Waals surface area (Å²) < 4.78 is 50.8. The van der Waals surface area contributed by atoms with Gasteiger partial charge in [0.15, 0.2) is 5.67 Å². The smallest absolute Gasteiger partial charge is 0.310 e. The van der Waals surface area contributed by atoms with Gasteiger partial charge in [0.05, 0.1) is 5.56 Å². The topological polar surface area (TPSA) is 12.0 Å². The highest BCUT2D eigenvalue weighted by Gasteiger charge is 2.40. The highest BCUT2D eigenvalue weighted by Crippen LogP contribution is 2.35. The normalized spacial score (nSPS) is 19.7. The average Bonchev–Trinajstić information content (AvgIpc) is 2.13. The molecule has 82 valence electrons. The maximum atomic E-state index is 13.8. The molecule has 0 atom stereocenters. The lowest BCUT2D eigenvalue weighted by molar-refractivity contribution is -0.137. The zero-order chi connectivity index (χ0) is 11.1. The minimum absolute atomic E-state index is 0.0777. The molecule has 0 spiro atoms. The molecule has 1 aromatic rings. The molecule has 0 unspecified atom stereocenters. The van der Waals surface area contributed by atoms with Gasteiger partial charge in [0.25, 0.3) is 0 Å². The van der Waals surface area contributed by atoms with Crippen LogP contribution in [0.3, 0.4) is 0 Å². The first-order valence-electron chi connectivity index (χ1n) is 4.49. The van der Waals surface area contributed by atoms with E-state index in [9.17, 15) is 17.6 Å². The van der Waals surface area contributed by atoms with Gasteiger partial charge in [-0.15, -0.1) is 0 Å². The molecule has 1 saturated heterocycles. The van der Waals surface area contributed by atoms with Crippen molar-refractivity contribution in [3.8, 4) is 0 Å². The van der Waals surface area contributed by atoms with Gasteiger partial charge in [-0.05, 0) is 17.7 Å². The van der Waals surface area contributed by atoms with Crippen LogP contribution in [-0.2, 0) is 11.8 Å². The third-order valence-corrected chi connectivity index (χ3v) is 2.52. The molecule has 1 aliphatic rings. The van der Waals surface area contributed by atoms with Crippen LogP contribution in [0, 0.1) is 0 Å². The molecule has 0 radical (unpaired) electrons. The van der Waals surface area contributed by atoms with Crippen molar-refractivity contribution in [2.24, 2.45) is 0 Å². The van der Waals surface area contributed by atoms with Gasteiger partial charge < -0.3 is 5.32 Å². The molecular formula is C10H9F4N. The number of halogens is 4. The molecule has 1 fully saturated rings. The van der Waals surface area contributed by atoms with Gasteiger partial charge in [-0.2, -0.15) is 13.2 Å². The van der Waals surface area contributed by atoms with Crippen molar-refractivity contribution in [1.82, 2.24) is 5.32 Å². The third kappa shape index (κ3) is 1.84. The van der Waals surface area contributed by atoms with E-state index in [4.69, 9.17) is 0 Å². The molecule has 5 heteroatoms. The van der Waals surface area contributed by atoms with E-state index in [1.807, 2.05) is 0 Å². The second-order valence-corrected chi connectivity index (χ2v) is 3.65. The molecular weight excluding hydrogens is 210 g/mol. The molecule has 0 aliphatic carbocycles. The van der Waals surface area contributed by atoms with Gasteiger partial charge in [-0.25, -0.2) is 4.39 Å². The highest BCUT2D eigenvalue weighted by molar-refractivity contribution is 5.32. The molecule has 1 nitrogen and oxygen atoms in total. The van der Waals surface area contributed by atoms with E-state index >= 15 is 0 Å². The Balaban J connectivity index is 2.35. The molecule has 0 amide bonds. The van der Waals surface area contributed by atoms with Gasteiger partial charge >= 0.3 is 6.18 Å². The summed E-state index contributed by atoms with van der Waals surface area (Å²) in [6.45, 7) is 0.155. The molecule has 1 heterocycles. The van der Waals surface area contributed by atoms with E-state index in [-0.39, 0.29) is 18.7 Å². The van der Waals surface area contributed by atoms with E-state index in [0.29, 0.717) is 0 Å². The lowest BCUT2D eigenvalue weighted by Gasteiger charge is -2.35. The molecule has 1 aromatic carbocycles. The van der Waals surface area contributed by atoms with Crippen LogP contribution in [0.15, 0.2) is 24.3 Å². The van der Waals surface area contributed by atoms with E-state index in [2.05, 4.69) is 5.32 Å². The fourth-order valence-corrected chi connectivity index (χ4v) is 1.52. The molecule has 2 rings (SSSR count). The Kier molecular flexibility index (Phi) is 2.22. The number of rotatable bonds is 1. The zero-order valence-electron chi connectivity index (χ0n) is 7.74. The van der Waals surface area contributed by atoms with Crippen LogP contribution >= 0.6 is 0 Å². The monoisotopic (exact) mass is 219 g/mol. The molecule has 1 aliphatic heterocycles. The highest BCUT2D eigenvalue weighted by atomic mass is 19.4. The minimum Gasteiger partial charge on any atom is -0.310 e. The van der Waals surface area contributed by atoms with Crippen LogP contribution in [0.25, 0.3) is 0 Å². The summed E-state index contributed by atoms with van der Waals surface area (Å²) >= 11 is 0. The Morgan fingerprint density at radius 2 is 1.87 bits per heavy atom.